The Hall–Kier alpha value is -0.840. The number of nitrogens with one attached hydrogen (secondary N) is 1. The summed E-state index contributed by atoms with van der Waals surface area (Å²) < 4.78 is 3.00. The lowest BCUT2D eigenvalue weighted by atomic mass is 10.1. The van der Waals surface area contributed by atoms with Gasteiger partial charge in [0.2, 0.25) is 0 Å². The lowest BCUT2D eigenvalue weighted by molar-refractivity contribution is 0.673. The number of hydrogen-bond donors (Lipinski definition) is 1. The molecule has 0 bridgehead atoms. The molecule has 20 heavy (non-hydrogen) atoms. The van der Waals surface area contributed by atoms with E-state index in [-0.39, 0.29) is 0 Å². The predicted octanol–water partition coefficient (Wildman–Crippen LogP) is 3.91. The summed E-state index contributed by atoms with van der Waals surface area (Å²) in [5, 5.41) is 8.63. The van der Waals surface area contributed by atoms with E-state index in [0.29, 0.717) is 5.02 Å². The maximum atomic E-state index is 6.03. The van der Waals surface area contributed by atoms with Gasteiger partial charge in [-0.2, -0.15) is 5.10 Å². The fourth-order valence-corrected chi connectivity index (χ4v) is 2.83. The number of aryl methyl sites for hydroxylation is 1. The zero-order chi connectivity index (χ0) is 14.1. The highest BCUT2D eigenvalue weighted by atomic mass is 79.9. The van der Waals surface area contributed by atoms with Crippen LogP contribution in [0.5, 0.6) is 0 Å². The summed E-state index contributed by atoms with van der Waals surface area (Å²) in [4.78, 5) is 0. The first kappa shape index (κ1) is 14.1. The van der Waals surface area contributed by atoms with E-state index in [0.717, 1.165) is 29.3 Å². The van der Waals surface area contributed by atoms with Crippen LogP contribution in [0.2, 0.25) is 5.02 Å². The molecule has 1 aliphatic carbocycles. The molecule has 106 valence electrons. The second-order valence-corrected chi connectivity index (χ2v) is 6.60. The second kappa shape index (κ2) is 5.88. The molecule has 0 radical (unpaired) electrons. The van der Waals surface area contributed by atoms with Gasteiger partial charge in [0, 0.05) is 23.3 Å². The van der Waals surface area contributed by atoms with Gasteiger partial charge >= 0.3 is 0 Å². The summed E-state index contributed by atoms with van der Waals surface area (Å²) in [6, 6.07) is 7.25. The minimum absolute atomic E-state index is 0.714. The van der Waals surface area contributed by atoms with Crippen molar-refractivity contribution in [2.75, 3.05) is 0 Å². The van der Waals surface area contributed by atoms with Gasteiger partial charge in [-0.05, 0) is 37.0 Å². The topological polar surface area (TPSA) is 29.9 Å². The van der Waals surface area contributed by atoms with Crippen LogP contribution in [0.4, 0.5) is 0 Å². The maximum Gasteiger partial charge on any atom is 0.0815 e. The first-order chi connectivity index (χ1) is 9.61. The molecule has 1 N–H and O–H groups in total. The highest BCUT2D eigenvalue weighted by molar-refractivity contribution is 9.10. The van der Waals surface area contributed by atoms with E-state index in [9.17, 15) is 0 Å². The van der Waals surface area contributed by atoms with Crippen LogP contribution in [0.25, 0.3) is 0 Å². The zero-order valence-corrected chi connectivity index (χ0v) is 13.7. The summed E-state index contributed by atoms with van der Waals surface area (Å²) in [6.07, 6.45) is 4.50. The molecule has 1 aromatic carbocycles. The van der Waals surface area contributed by atoms with Crippen molar-refractivity contribution in [3.05, 3.63) is 50.7 Å². The van der Waals surface area contributed by atoms with Crippen LogP contribution >= 0.6 is 27.5 Å². The highest BCUT2D eigenvalue weighted by Gasteiger charge is 2.19. The van der Waals surface area contributed by atoms with E-state index in [2.05, 4.69) is 44.5 Å². The van der Waals surface area contributed by atoms with Crippen molar-refractivity contribution < 1.29 is 0 Å². The van der Waals surface area contributed by atoms with Gasteiger partial charge in [0.15, 0.2) is 0 Å². The number of nitrogens with zero attached hydrogens (tertiary/aromatic N) is 2. The van der Waals surface area contributed by atoms with Crippen LogP contribution in [0.15, 0.2) is 28.9 Å². The molecule has 1 fully saturated rings. The third kappa shape index (κ3) is 3.43. The molecule has 0 amide bonds. The summed E-state index contributed by atoms with van der Waals surface area (Å²) in [6.45, 7) is 3.58. The van der Waals surface area contributed by atoms with Crippen molar-refractivity contribution >= 4 is 27.5 Å². The molecule has 0 aliphatic heterocycles. The van der Waals surface area contributed by atoms with Crippen molar-refractivity contribution in [2.45, 2.75) is 38.9 Å². The van der Waals surface area contributed by atoms with E-state index in [4.69, 9.17) is 11.6 Å². The first-order valence-corrected chi connectivity index (χ1v) is 7.99. The van der Waals surface area contributed by atoms with Crippen molar-refractivity contribution in [3.8, 4) is 0 Å². The molecule has 3 nitrogen and oxygen atoms in total. The number of hydrogen-bond acceptors (Lipinski definition) is 2. The van der Waals surface area contributed by atoms with E-state index < -0.39 is 0 Å². The molecular weight excluding hydrogens is 338 g/mol. The molecule has 1 heterocycles. The van der Waals surface area contributed by atoms with Gasteiger partial charge in [0.1, 0.15) is 0 Å². The predicted molar refractivity (Wildman–Crippen MR) is 85.1 cm³/mol. The van der Waals surface area contributed by atoms with Gasteiger partial charge in [-0.15, -0.1) is 0 Å². The van der Waals surface area contributed by atoms with E-state index in [1.807, 2.05) is 17.8 Å². The third-order valence-corrected chi connectivity index (χ3v) is 4.62. The molecule has 2 aromatic rings. The van der Waals surface area contributed by atoms with Crippen molar-refractivity contribution in [2.24, 2.45) is 0 Å². The summed E-state index contributed by atoms with van der Waals surface area (Å²) >= 11 is 9.68. The number of aromatic nitrogens is 2. The maximum absolute atomic E-state index is 6.03. The van der Waals surface area contributed by atoms with Crippen molar-refractivity contribution in [1.29, 1.82) is 0 Å². The molecule has 1 aromatic heterocycles. The lowest BCUT2D eigenvalue weighted by Gasteiger charge is -2.08. The number of rotatable bonds is 5. The Morgan fingerprint density at radius 3 is 2.85 bits per heavy atom. The quantitative estimate of drug-likeness (QED) is 0.882. The Morgan fingerprint density at radius 2 is 2.25 bits per heavy atom. The van der Waals surface area contributed by atoms with Gasteiger partial charge in [-0.1, -0.05) is 39.7 Å². The molecule has 3 rings (SSSR count). The fraction of sp³-hybridized carbons (Fsp3) is 0.400. The number of halogens is 2. The summed E-state index contributed by atoms with van der Waals surface area (Å²) in [5.74, 6) is 0. The van der Waals surface area contributed by atoms with Gasteiger partial charge < -0.3 is 5.32 Å². The van der Waals surface area contributed by atoms with Crippen LogP contribution in [0.1, 0.15) is 29.7 Å². The van der Waals surface area contributed by atoms with Gasteiger partial charge in [-0.3, -0.25) is 4.68 Å². The lowest BCUT2D eigenvalue weighted by Crippen LogP contribution is -2.15. The zero-order valence-electron chi connectivity index (χ0n) is 11.4. The second-order valence-electron chi connectivity index (χ2n) is 5.34. The molecule has 1 saturated carbocycles. The molecule has 5 heteroatoms. The average Bonchev–Trinajstić information content (AvgIpc) is 3.18. The van der Waals surface area contributed by atoms with Crippen LogP contribution in [0, 0.1) is 6.92 Å². The minimum atomic E-state index is 0.714. The monoisotopic (exact) mass is 353 g/mol. The van der Waals surface area contributed by atoms with Crippen LogP contribution < -0.4 is 5.32 Å². The van der Waals surface area contributed by atoms with Crippen molar-refractivity contribution in [3.63, 3.8) is 0 Å². The Morgan fingerprint density at radius 1 is 1.45 bits per heavy atom. The first-order valence-electron chi connectivity index (χ1n) is 6.82. The molecule has 0 atom stereocenters. The van der Waals surface area contributed by atoms with Crippen molar-refractivity contribution in [1.82, 2.24) is 15.1 Å². The van der Waals surface area contributed by atoms with Crippen LogP contribution in [-0.4, -0.2) is 15.8 Å². The average molecular weight is 355 g/mol. The number of benzene rings is 1. The highest BCUT2D eigenvalue weighted by Crippen LogP contribution is 2.23. The normalized spacial score (nSPS) is 14.8. The minimum Gasteiger partial charge on any atom is -0.310 e. The smallest absolute Gasteiger partial charge is 0.0815 e. The fourth-order valence-electron chi connectivity index (χ4n) is 2.13. The Bertz CT molecular complexity index is 600. The molecule has 0 unspecified atom stereocenters. The van der Waals surface area contributed by atoms with Crippen LogP contribution in [-0.2, 0) is 13.1 Å². The van der Waals surface area contributed by atoms with E-state index in [1.54, 1.807) is 0 Å². The molecule has 0 saturated heterocycles. The molecule has 1 aliphatic rings. The van der Waals surface area contributed by atoms with Gasteiger partial charge in [0.25, 0.3) is 0 Å². The third-order valence-electron chi connectivity index (χ3n) is 3.51. The Kier molecular flexibility index (Phi) is 4.15. The Labute approximate surface area is 132 Å². The Balaban J connectivity index is 1.69. The SMILES string of the molecule is Cc1nn(Cc2ccc(CNC3CC3)cc2Br)cc1Cl. The van der Waals surface area contributed by atoms with E-state index >= 15 is 0 Å². The summed E-state index contributed by atoms with van der Waals surface area (Å²) in [5.41, 5.74) is 3.38. The standard InChI is InChI=1S/C15H17BrClN3/c1-10-15(17)9-20(19-10)8-12-3-2-11(6-14(12)16)7-18-13-4-5-13/h2-3,6,9,13,18H,4-5,7-8H2,1H3. The largest absolute Gasteiger partial charge is 0.310 e. The molecule has 0 spiro atoms. The van der Waals surface area contributed by atoms with E-state index in [1.165, 1.54) is 24.0 Å². The summed E-state index contributed by atoms with van der Waals surface area (Å²) in [7, 11) is 0. The van der Waals surface area contributed by atoms with Gasteiger partial charge in [0.05, 0.1) is 17.3 Å². The van der Waals surface area contributed by atoms with Gasteiger partial charge in [-0.25, -0.2) is 0 Å². The van der Waals surface area contributed by atoms with Crippen LogP contribution in [0.3, 0.4) is 0 Å². The molecular formula is C15H17BrClN3.